The molecule has 2 N–H and O–H groups in total. The van der Waals surface area contributed by atoms with E-state index in [1.165, 1.54) is 0 Å². The standard InChI is InChI=1S/C2H2Cl3NO.C2F6O5S2/c3-2(4,5)1(6)7;3-1(4,5)14(9,10)13-15(11,12)2(6,7)8/h(H2,6,7);. The third-order valence-corrected chi connectivity index (χ3v) is 4.15. The Bertz CT molecular complexity index is 562. The van der Waals surface area contributed by atoms with Gasteiger partial charge in [0.15, 0.2) is 0 Å². The van der Waals surface area contributed by atoms with Gasteiger partial charge in [-0.2, -0.15) is 43.2 Å². The number of alkyl halides is 9. The molecule has 0 saturated carbocycles. The Balaban J connectivity index is 0. The average molecular weight is 445 g/mol. The summed E-state index contributed by atoms with van der Waals surface area (Å²) in [6.45, 7) is 0. The van der Waals surface area contributed by atoms with Crippen molar-refractivity contribution in [3.05, 3.63) is 0 Å². The van der Waals surface area contributed by atoms with Crippen molar-refractivity contribution in [1.82, 2.24) is 0 Å². The van der Waals surface area contributed by atoms with Gasteiger partial charge in [0.1, 0.15) is 0 Å². The fraction of sp³-hybridized carbons (Fsp3) is 0.750. The van der Waals surface area contributed by atoms with E-state index in [-0.39, 0.29) is 0 Å². The molecule has 0 radical (unpaired) electrons. The molecule has 0 atom stereocenters. The summed E-state index contributed by atoms with van der Waals surface area (Å²) in [6, 6.07) is 0. The van der Waals surface area contributed by atoms with E-state index in [9.17, 15) is 48.0 Å². The summed E-state index contributed by atoms with van der Waals surface area (Å²) >= 11 is 14.8. The van der Waals surface area contributed by atoms with E-state index in [4.69, 9.17) is 34.8 Å². The number of primary amides is 1. The predicted molar refractivity (Wildman–Crippen MR) is 60.5 cm³/mol. The zero-order valence-electron chi connectivity index (χ0n) is 9.25. The minimum atomic E-state index is -6.85. The lowest BCUT2D eigenvalue weighted by molar-refractivity contribution is -0.117. The number of rotatable bonds is 2. The van der Waals surface area contributed by atoms with Crippen molar-refractivity contribution in [3.63, 3.8) is 0 Å². The first-order chi connectivity index (χ1) is 9.15. The van der Waals surface area contributed by atoms with Crippen LogP contribution in [0.4, 0.5) is 26.3 Å². The van der Waals surface area contributed by atoms with Crippen LogP contribution < -0.4 is 5.73 Å². The van der Waals surface area contributed by atoms with E-state index in [0.717, 1.165) is 0 Å². The molecule has 1 amide bonds. The fourth-order valence-corrected chi connectivity index (χ4v) is 1.76. The molecule has 18 heteroatoms. The minimum Gasteiger partial charge on any atom is -0.366 e. The summed E-state index contributed by atoms with van der Waals surface area (Å²) in [5.41, 5.74) is -7.98. The molecule has 0 aromatic heterocycles. The molecule has 0 fully saturated rings. The molecular weight excluding hydrogens is 443 g/mol. The van der Waals surface area contributed by atoms with Crippen LogP contribution >= 0.6 is 34.8 Å². The van der Waals surface area contributed by atoms with Crippen LogP contribution in [0.15, 0.2) is 0 Å². The zero-order chi connectivity index (χ0) is 18.8. The molecule has 0 aromatic carbocycles. The second kappa shape index (κ2) is 7.12. The van der Waals surface area contributed by atoms with Crippen LogP contribution in [0.5, 0.6) is 0 Å². The van der Waals surface area contributed by atoms with E-state index in [1.54, 1.807) is 0 Å². The van der Waals surface area contributed by atoms with E-state index in [2.05, 4.69) is 5.73 Å². The van der Waals surface area contributed by atoms with E-state index < -0.39 is 41.0 Å². The van der Waals surface area contributed by atoms with Gasteiger partial charge in [0.05, 0.1) is 0 Å². The molecule has 0 bridgehead atoms. The van der Waals surface area contributed by atoms with Gasteiger partial charge in [-0.15, -0.1) is 3.63 Å². The van der Waals surface area contributed by atoms with E-state index in [0.29, 0.717) is 0 Å². The molecule has 0 aliphatic carbocycles. The number of carbonyl (C=O) groups is 1. The highest BCUT2D eigenvalue weighted by molar-refractivity contribution is 8.00. The van der Waals surface area contributed by atoms with E-state index >= 15 is 0 Å². The van der Waals surface area contributed by atoms with Crippen LogP contribution in [-0.4, -0.2) is 37.6 Å². The maximum absolute atomic E-state index is 11.4. The maximum atomic E-state index is 11.4. The topological polar surface area (TPSA) is 121 Å². The van der Waals surface area contributed by atoms with Crippen LogP contribution in [0.2, 0.25) is 0 Å². The van der Waals surface area contributed by atoms with Gasteiger partial charge in [0, 0.05) is 0 Å². The average Bonchev–Trinajstić information content (AvgIpc) is 2.10. The van der Waals surface area contributed by atoms with Crippen molar-refractivity contribution in [2.45, 2.75) is 14.8 Å². The van der Waals surface area contributed by atoms with Crippen LogP contribution in [0.25, 0.3) is 0 Å². The zero-order valence-corrected chi connectivity index (χ0v) is 13.1. The number of nitrogens with two attached hydrogens (primary N) is 1. The number of amides is 1. The van der Waals surface area contributed by atoms with Crippen LogP contribution in [0.3, 0.4) is 0 Å². The Hall–Kier alpha value is -0.220. The molecule has 22 heavy (non-hydrogen) atoms. The molecule has 0 unspecified atom stereocenters. The minimum absolute atomic E-state index is 0.961. The molecule has 0 aliphatic heterocycles. The summed E-state index contributed by atoms with van der Waals surface area (Å²) in [4.78, 5) is 9.85. The highest BCUT2D eigenvalue weighted by Crippen LogP contribution is 2.32. The Kier molecular flexibility index (Phi) is 7.78. The highest BCUT2D eigenvalue weighted by Gasteiger charge is 2.57. The lowest BCUT2D eigenvalue weighted by atomic mass is 10.7. The third-order valence-electron chi connectivity index (χ3n) is 1.03. The van der Waals surface area contributed by atoms with Crippen molar-refractivity contribution < 1.29 is 51.6 Å². The summed E-state index contributed by atoms with van der Waals surface area (Å²) in [5, 5.41) is 0. The highest BCUT2D eigenvalue weighted by atomic mass is 35.6. The molecule has 0 aromatic rings. The van der Waals surface area contributed by atoms with Gasteiger partial charge in [-0.3, -0.25) is 4.79 Å². The van der Waals surface area contributed by atoms with Gasteiger partial charge in [0.25, 0.3) is 9.70 Å². The molecule has 0 spiro atoms. The predicted octanol–water partition coefficient (Wildman–Crippen LogP) is 1.54. The van der Waals surface area contributed by atoms with Crippen molar-refractivity contribution in [3.8, 4) is 0 Å². The van der Waals surface area contributed by atoms with Crippen molar-refractivity contribution in [1.29, 1.82) is 0 Å². The smallest absolute Gasteiger partial charge is 0.366 e. The second-order valence-corrected chi connectivity index (χ2v) is 8.30. The summed E-state index contributed by atoms with van der Waals surface area (Å²) in [6.07, 6.45) is 0. The largest absolute Gasteiger partial charge is 0.524 e. The van der Waals surface area contributed by atoms with Crippen LogP contribution in [0, 0.1) is 0 Å². The summed E-state index contributed by atoms with van der Waals surface area (Å²) < 4.78 is 108. The van der Waals surface area contributed by atoms with Gasteiger partial charge < -0.3 is 5.73 Å². The monoisotopic (exact) mass is 443 g/mol. The van der Waals surface area contributed by atoms with Crippen molar-refractivity contribution in [2.24, 2.45) is 5.73 Å². The van der Waals surface area contributed by atoms with Gasteiger partial charge in [-0.05, 0) is 0 Å². The first-order valence-corrected chi connectivity index (χ1v) is 7.80. The second-order valence-electron chi connectivity index (χ2n) is 2.73. The first kappa shape index (κ1) is 24.0. The number of hydrogen-bond donors (Lipinski definition) is 1. The summed E-state index contributed by atoms with van der Waals surface area (Å²) in [7, 11) is -13.7. The molecule has 0 rings (SSSR count). The number of halogens is 9. The normalized spacial score (nSPS) is 14.0. The van der Waals surface area contributed by atoms with Crippen molar-refractivity contribution >= 4 is 60.9 Å². The SMILES string of the molecule is NC(=O)C(Cl)(Cl)Cl.O=S(=O)(OS(=O)(=O)C(F)(F)F)C(F)(F)F. The van der Waals surface area contributed by atoms with Crippen LogP contribution in [0.1, 0.15) is 0 Å². The fourth-order valence-electron chi connectivity index (χ4n) is 0.195. The number of carbonyl (C=O) groups excluding carboxylic acids is 1. The Labute approximate surface area is 133 Å². The van der Waals surface area contributed by atoms with Gasteiger partial charge in [-0.1, -0.05) is 34.8 Å². The van der Waals surface area contributed by atoms with Crippen LogP contribution in [-0.2, 0) is 28.7 Å². The Morgan fingerprint density at radius 3 is 1.09 bits per heavy atom. The maximum Gasteiger partial charge on any atom is 0.524 e. The third kappa shape index (κ3) is 7.87. The molecule has 7 nitrogen and oxygen atoms in total. The quantitative estimate of drug-likeness (QED) is 0.392. The lowest BCUT2D eigenvalue weighted by Gasteiger charge is -2.09. The van der Waals surface area contributed by atoms with Gasteiger partial charge in [0.2, 0.25) is 0 Å². The van der Waals surface area contributed by atoms with Crippen molar-refractivity contribution in [2.75, 3.05) is 0 Å². The molecule has 0 heterocycles. The molecule has 134 valence electrons. The van der Waals surface area contributed by atoms with E-state index in [1.807, 2.05) is 3.63 Å². The Morgan fingerprint density at radius 2 is 1.00 bits per heavy atom. The summed E-state index contributed by atoms with van der Waals surface area (Å²) in [5.74, 6) is -0.961. The molecule has 0 aliphatic rings. The Morgan fingerprint density at radius 1 is 0.818 bits per heavy atom. The van der Waals surface area contributed by atoms with Gasteiger partial charge >= 0.3 is 31.3 Å². The molecular formula is C4H2Cl3F6NO6S2. The molecule has 0 saturated heterocycles. The number of hydrogen-bond acceptors (Lipinski definition) is 6. The lowest BCUT2D eigenvalue weighted by Crippen LogP contribution is -2.34. The van der Waals surface area contributed by atoms with Gasteiger partial charge in [-0.25, -0.2) is 0 Å². The first-order valence-electron chi connectivity index (χ1n) is 3.85.